The maximum absolute atomic E-state index is 12.8. The highest BCUT2D eigenvalue weighted by atomic mass is 16.7. The van der Waals surface area contributed by atoms with Crippen LogP contribution in [0.15, 0.2) is 42.5 Å². The van der Waals surface area contributed by atoms with Crippen LogP contribution in [0.4, 0.5) is 5.69 Å². The number of ether oxygens (including phenoxy) is 3. The molecule has 0 atom stereocenters. The fraction of sp³-hybridized carbons (Fsp3) is 0.222. The van der Waals surface area contributed by atoms with E-state index in [9.17, 15) is 9.59 Å². The van der Waals surface area contributed by atoms with Crippen LogP contribution in [0.25, 0.3) is 0 Å². The topological polar surface area (TPSA) is 65.1 Å². The summed E-state index contributed by atoms with van der Waals surface area (Å²) < 4.78 is 15.3. The number of carbonyl (C=O) groups is 2. The number of hydrogen-bond donors (Lipinski definition) is 0. The summed E-state index contributed by atoms with van der Waals surface area (Å²) in [5.74, 6) is 0.662. The monoisotopic (exact) mass is 327 g/mol. The van der Waals surface area contributed by atoms with Crippen molar-refractivity contribution in [2.45, 2.75) is 6.42 Å². The molecule has 24 heavy (non-hydrogen) atoms. The molecule has 3 rings (SSSR count). The Hall–Kier alpha value is -3.02. The predicted molar refractivity (Wildman–Crippen MR) is 87.5 cm³/mol. The Morgan fingerprint density at radius 3 is 2.67 bits per heavy atom. The third-order valence-corrected chi connectivity index (χ3v) is 3.86. The lowest BCUT2D eigenvalue weighted by atomic mass is 10.0. The van der Waals surface area contributed by atoms with E-state index in [1.54, 1.807) is 49.5 Å². The van der Waals surface area contributed by atoms with Gasteiger partial charge in [0.25, 0.3) is 5.91 Å². The minimum Gasteiger partial charge on any atom is -0.469 e. The van der Waals surface area contributed by atoms with Crippen LogP contribution in [-0.2, 0) is 16.0 Å². The first-order chi connectivity index (χ1) is 11.6. The molecule has 0 radical (unpaired) electrons. The van der Waals surface area contributed by atoms with Gasteiger partial charge in [0.15, 0.2) is 11.5 Å². The maximum atomic E-state index is 12.8. The van der Waals surface area contributed by atoms with Crippen LogP contribution in [0.1, 0.15) is 15.9 Å². The summed E-state index contributed by atoms with van der Waals surface area (Å²) in [6.07, 6.45) is 0.0490. The van der Waals surface area contributed by atoms with Gasteiger partial charge in [-0.1, -0.05) is 18.2 Å². The van der Waals surface area contributed by atoms with Gasteiger partial charge in [-0.3, -0.25) is 9.59 Å². The number of anilines is 1. The van der Waals surface area contributed by atoms with Crippen LogP contribution in [0.5, 0.6) is 11.5 Å². The Kier molecular flexibility index (Phi) is 4.37. The van der Waals surface area contributed by atoms with E-state index in [0.717, 1.165) is 0 Å². The van der Waals surface area contributed by atoms with E-state index in [2.05, 4.69) is 0 Å². The second-order valence-electron chi connectivity index (χ2n) is 5.31. The molecule has 6 heteroatoms. The van der Waals surface area contributed by atoms with Gasteiger partial charge >= 0.3 is 5.97 Å². The van der Waals surface area contributed by atoms with Crippen molar-refractivity contribution in [2.24, 2.45) is 0 Å². The summed E-state index contributed by atoms with van der Waals surface area (Å²) in [5.41, 5.74) is 1.77. The lowest BCUT2D eigenvalue weighted by Crippen LogP contribution is -2.27. The summed E-state index contributed by atoms with van der Waals surface area (Å²) in [6, 6.07) is 12.3. The first-order valence-corrected chi connectivity index (χ1v) is 7.42. The number of fused-ring (bicyclic) bond motifs is 1. The fourth-order valence-electron chi connectivity index (χ4n) is 2.50. The highest BCUT2D eigenvalue weighted by molar-refractivity contribution is 6.07. The Balaban J connectivity index is 1.87. The van der Waals surface area contributed by atoms with E-state index in [1.807, 2.05) is 0 Å². The SMILES string of the molecule is COC(=O)Cc1ccccc1C(=O)N(C)c1ccc2c(c1)OCO2. The summed E-state index contributed by atoms with van der Waals surface area (Å²) in [7, 11) is 3.00. The number of nitrogens with zero attached hydrogens (tertiary/aromatic N) is 1. The summed E-state index contributed by atoms with van der Waals surface area (Å²) in [6.45, 7) is 0.179. The average Bonchev–Trinajstić information content (AvgIpc) is 3.08. The largest absolute Gasteiger partial charge is 0.469 e. The minimum absolute atomic E-state index is 0.0490. The van der Waals surface area contributed by atoms with E-state index in [1.165, 1.54) is 12.0 Å². The van der Waals surface area contributed by atoms with Crippen molar-refractivity contribution in [2.75, 3.05) is 25.9 Å². The smallest absolute Gasteiger partial charge is 0.310 e. The molecule has 2 aromatic carbocycles. The van der Waals surface area contributed by atoms with Crippen LogP contribution in [0.3, 0.4) is 0 Å². The highest BCUT2D eigenvalue weighted by Gasteiger charge is 2.21. The number of amides is 1. The minimum atomic E-state index is -0.388. The van der Waals surface area contributed by atoms with Crippen molar-refractivity contribution in [3.63, 3.8) is 0 Å². The molecule has 1 aliphatic rings. The van der Waals surface area contributed by atoms with Crippen molar-refractivity contribution >= 4 is 17.6 Å². The molecular weight excluding hydrogens is 310 g/mol. The average molecular weight is 327 g/mol. The van der Waals surface area contributed by atoms with Crippen molar-refractivity contribution in [1.82, 2.24) is 0 Å². The number of benzene rings is 2. The van der Waals surface area contributed by atoms with E-state index < -0.39 is 0 Å². The lowest BCUT2D eigenvalue weighted by Gasteiger charge is -2.19. The van der Waals surface area contributed by atoms with Crippen LogP contribution in [0, 0.1) is 0 Å². The second kappa shape index (κ2) is 6.62. The Morgan fingerprint density at radius 1 is 1.12 bits per heavy atom. The maximum Gasteiger partial charge on any atom is 0.310 e. The van der Waals surface area contributed by atoms with E-state index >= 15 is 0 Å². The van der Waals surface area contributed by atoms with Crippen molar-refractivity contribution < 1.29 is 23.8 Å². The molecule has 0 unspecified atom stereocenters. The molecule has 124 valence electrons. The predicted octanol–water partition coefficient (Wildman–Crippen LogP) is 2.41. The first kappa shape index (κ1) is 15.9. The molecule has 0 N–H and O–H groups in total. The highest BCUT2D eigenvalue weighted by Crippen LogP contribution is 2.35. The zero-order chi connectivity index (χ0) is 17.1. The second-order valence-corrected chi connectivity index (χ2v) is 5.31. The van der Waals surface area contributed by atoms with Gasteiger partial charge in [-0.25, -0.2) is 0 Å². The first-order valence-electron chi connectivity index (χ1n) is 7.42. The van der Waals surface area contributed by atoms with Crippen molar-refractivity contribution in [1.29, 1.82) is 0 Å². The van der Waals surface area contributed by atoms with Gasteiger partial charge in [0.1, 0.15) is 0 Å². The molecule has 6 nitrogen and oxygen atoms in total. The summed E-state index contributed by atoms with van der Waals surface area (Å²) in [4.78, 5) is 25.9. The fourth-order valence-corrected chi connectivity index (χ4v) is 2.50. The normalized spacial score (nSPS) is 11.9. The van der Waals surface area contributed by atoms with Gasteiger partial charge in [-0.05, 0) is 23.8 Å². The molecule has 2 aromatic rings. The molecule has 0 saturated heterocycles. The number of methoxy groups -OCH3 is 1. The Morgan fingerprint density at radius 2 is 1.88 bits per heavy atom. The van der Waals surface area contributed by atoms with Crippen LogP contribution in [0.2, 0.25) is 0 Å². The molecule has 0 spiro atoms. The third-order valence-electron chi connectivity index (χ3n) is 3.86. The van der Waals surface area contributed by atoms with Gasteiger partial charge in [0.2, 0.25) is 6.79 Å². The standard InChI is InChI=1S/C18H17NO5/c1-19(13-7-8-15-16(10-13)24-11-23-15)18(21)14-6-4-3-5-12(14)9-17(20)22-2/h3-8,10H,9,11H2,1-2H3. The van der Waals surface area contributed by atoms with Gasteiger partial charge in [0, 0.05) is 24.4 Å². The molecule has 1 aliphatic heterocycles. The van der Waals surface area contributed by atoms with Gasteiger partial charge in [-0.15, -0.1) is 0 Å². The van der Waals surface area contributed by atoms with Crippen LogP contribution in [-0.4, -0.2) is 32.8 Å². The van der Waals surface area contributed by atoms with E-state index in [-0.39, 0.29) is 25.1 Å². The molecule has 0 aromatic heterocycles. The van der Waals surface area contributed by atoms with Crippen molar-refractivity contribution in [3.05, 3.63) is 53.6 Å². The lowest BCUT2D eigenvalue weighted by molar-refractivity contribution is -0.139. The molecule has 1 heterocycles. The van der Waals surface area contributed by atoms with Gasteiger partial charge < -0.3 is 19.1 Å². The Labute approximate surface area is 139 Å². The van der Waals surface area contributed by atoms with Crippen LogP contribution < -0.4 is 14.4 Å². The number of esters is 1. The van der Waals surface area contributed by atoms with Gasteiger partial charge in [0.05, 0.1) is 13.5 Å². The number of hydrogen-bond acceptors (Lipinski definition) is 5. The molecular formula is C18H17NO5. The zero-order valence-electron chi connectivity index (χ0n) is 13.4. The quantitative estimate of drug-likeness (QED) is 0.807. The number of rotatable bonds is 4. The van der Waals surface area contributed by atoms with E-state index in [0.29, 0.717) is 28.3 Å². The van der Waals surface area contributed by atoms with Gasteiger partial charge in [-0.2, -0.15) is 0 Å². The van der Waals surface area contributed by atoms with Crippen LogP contribution >= 0.6 is 0 Å². The van der Waals surface area contributed by atoms with Crippen molar-refractivity contribution in [3.8, 4) is 11.5 Å². The number of carbonyl (C=O) groups excluding carboxylic acids is 2. The Bertz CT molecular complexity index is 787. The molecule has 0 aliphatic carbocycles. The van der Waals surface area contributed by atoms with E-state index in [4.69, 9.17) is 14.2 Å². The molecule has 0 saturated carbocycles. The summed E-state index contributed by atoms with van der Waals surface area (Å²) in [5, 5.41) is 0. The third kappa shape index (κ3) is 3.03. The zero-order valence-corrected chi connectivity index (χ0v) is 13.4. The molecule has 1 amide bonds. The summed E-state index contributed by atoms with van der Waals surface area (Å²) >= 11 is 0. The molecule has 0 fully saturated rings. The molecule has 0 bridgehead atoms.